The molecule has 3 rings (SSSR count). The largest absolute Gasteiger partial charge is 0.480 e. The maximum atomic E-state index is 12.0. The highest BCUT2D eigenvalue weighted by Crippen LogP contribution is 2.27. The maximum absolute atomic E-state index is 12.0. The van der Waals surface area contributed by atoms with Crippen molar-refractivity contribution in [3.8, 4) is 0 Å². The second-order valence-electron chi connectivity index (χ2n) is 8.17. The fraction of sp³-hybridized carbons (Fsp3) is 0.882. The van der Waals surface area contributed by atoms with Gasteiger partial charge in [-0.2, -0.15) is 0 Å². The van der Waals surface area contributed by atoms with Gasteiger partial charge < -0.3 is 32.1 Å². The number of piperazine rings is 1. The van der Waals surface area contributed by atoms with Crippen molar-refractivity contribution >= 4 is 11.9 Å². The number of amides is 1. The topological polar surface area (TPSA) is 170 Å². The third-order valence-corrected chi connectivity index (χ3v) is 6.10. The van der Waals surface area contributed by atoms with E-state index in [-0.39, 0.29) is 49.1 Å². The van der Waals surface area contributed by atoms with Gasteiger partial charge in [-0.3, -0.25) is 25.5 Å². The van der Waals surface area contributed by atoms with Crippen LogP contribution >= 0.6 is 0 Å². The molecule has 5 unspecified atom stereocenters. The first-order valence-electron chi connectivity index (χ1n) is 10.1. The minimum absolute atomic E-state index is 0.0487. The molecule has 0 aromatic carbocycles. The van der Waals surface area contributed by atoms with Gasteiger partial charge in [0.1, 0.15) is 12.8 Å². The van der Waals surface area contributed by atoms with E-state index < -0.39 is 5.97 Å². The van der Waals surface area contributed by atoms with Crippen LogP contribution in [0, 0.1) is 5.92 Å². The van der Waals surface area contributed by atoms with Crippen molar-refractivity contribution in [3.05, 3.63) is 0 Å². The second-order valence-corrected chi connectivity index (χ2v) is 8.17. The monoisotopic (exact) mass is 398 g/mol. The van der Waals surface area contributed by atoms with Crippen LogP contribution in [0.4, 0.5) is 0 Å². The summed E-state index contributed by atoms with van der Waals surface area (Å²) >= 11 is 0. The van der Waals surface area contributed by atoms with Gasteiger partial charge in [0.2, 0.25) is 5.91 Å². The molecule has 1 amide bonds. The van der Waals surface area contributed by atoms with E-state index in [4.69, 9.17) is 16.6 Å². The molecule has 10 N–H and O–H groups in total. The molecule has 0 spiro atoms. The standard InChI is InChI=1S/C17H34N8O3/c1-25(11-4-2-9(3-5-11)16(28)21-7-12(26)27)8-10-6-20-15-13(22-10)14(18)23-17(19)24-15/h9-11,13-15,17,20,22-24H,2-8,18-19H2,1H3,(H,21,28)(H,26,27). The summed E-state index contributed by atoms with van der Waals surface area (Å²) in [6.07, 6.45) is 2.97. The summed E-state index contributed by atoms with van der Waals surface area (Å²) in [5.41, 5.74) is 12.1. The van der Waals surface area contributed by atoms with Gasteiger partial charge in [-0.15, -0.1) is 0 Å². The number of fused-ring (bicyclic) bond motifs is 1. The zero-order chi connectivity index (χ0) is 20.3. The molecular formula is C17H34N8O3. The van der Waals surface area contributed by atoms with E-state index in [9.17, 15) is 9.59 Å². The third kappa shape index (κ3) is 5.38. The molecule has 1 aliphatic carbocycles. The van der Waals surface area contributed by atoms with Crippen molar-refractivity contribution < 1.29 is 14.7 Å². The molecule has 0 aromatic heterocycles. The first-order chi connectivity index (χ1) is 13.3. The Morgan fingerprint density at radius 3 is 2.54 bits per heavy atom. The van der Waals surface area contributed by atoms with Crippen molar-refractivity contribution in [2.24, 2.45) is 17.4 Å². The predicted octanol–water partition coefficient (Wildman–Crippen LogP) is -3.35. The first-order valence-corrected chi connectivity index (χ1v) is 10.1. The molecule has 3 fully saturated rings. The Labute approximate surface area is 165 Å². The molecule has 2 heterocycles. The third-order valence-electron chi connectivity index (χ3n) is 6.10. The molecule has 11 nitrogen and oxygen atoms in total. The molecule has 11 heteroatoms. The number of carboxylic acid groups (broad SMARTS) is 1. The van der Waals surface area contributed by atoms with Crippen LogP contribution in [0.25, 0.3) is 0 Å². The molecule has 0 aromatic rings. The van der Waals surface area contributed by atoms with E-state index in [1.807, 2.05) is 0 Å². The summed E-state index contributed by atoms with van der Waals surface area (Å²) in [6, 6.07) is 0.750. The normalized spacial score (nSPS) is 38.6. The molecule has 5 atom stereocenters. The Morgan fingerprint density at radius 1 is 1.14 bits per heavy atom. The Kier molecular flexibility index (Phi) is 7.20. The van der Waals surface area contributed by atoms with Gasteiger partial charge in [-0.1, -0.05) is 0 Å². The maximum Gasteiger partial charge on any atom is 0.322 e. The molecule has 0 bridgehead atoms. The summed E-state index contributed by atoms with van der Waals surface area (Å²) < 4.78 is 0. The van der Waals surface area contributed by atoms with E-state index in [0.29, 0.717) is 6.04 Å². The average molecular weight is 399 g/mol. The number of nitrogens with two attached hydrogens (primary N) is 2. The number of nitrogens with zero attached hydrogens (tertiary/aromatic N) is 1. The number of carbonyl (C=O) groups is 2. The zero-order valence-corrected chi connectivity index (χ0v) is 16.4. The summed E-state index contributed by atoms with van der Waals surface area (Å²) in [7, 11) is 2.12. The van der Waals surface area contributed by atoms with E-state index in [2.05, 4.69) is 38.5 Å². The number of rotatable bonds is 6. The predicted molar refractivity (Wildman–Crippen MR) is 104 cm³/mol. The molecular weight excluding hydrogens is 364 g/mol. The number of hydrogen-bond acceptors (Lipinski definition) is 9. The van der Waals surface area contributed by atoms with Crippen LogP contribution in [0.15, 0.2) is 0 Å². The number of carbonyl (C=O) groups excluding carboxylic acids is 1. The molecule has 2 aliphatic heterocycles. The minimum atomic E-state index is -1.01. The summed E-state index contributed by atoms with van der Waals surface area (Å²) in [5.74, 6) is -1.24. The van der Waals surface area contributed by atoms with Crippen molar-refractivity contribution in [2.45, 2.75) is 62.4 Å². The van der Waals surface area contributed by atoms with Gasteiger partial charge >= 0.3 is 5.97 Å². The lowest BCUT2D eigenvalue weighted by Crippen LogP contribution is -2.81. The molecule has 28 heavy (non-hydrogen) atoms. The summed E-state index contributed by atoms with van der Waals surface area (Å²) in [6.45, 7) is 1.40. The van der Waals surface area contributed by atoms with Crippen molar-refractivity contribution in [3.63, 3.8) is 0 Å². The van der Waals surface area contributed by atoms with E-state index >= 15 is 0 Å². The van der Waals surface area contributed by atoms with Crippen LogP contribution < -0.4 is 38.1 Å². The van der Waals surface area contributed by atoms with Crippen LogP contribution in [0.1, 0.15) is 25.7 Å². The lowest BCUT2D eigenvalue weighted by molar-refractivity contribution is -0.138. The Morgan fingerprint density at radius 2 is 1.86 bits per heavy atom. The van der Waals surface area contributed by atoms with Gasteiger partial charge in [-0.05, 0) is 32.7 Å². The van der Waals surface area contributed by atoms with Gasteiger partial charge in [0.25, 0.3) is 0 Å². The van der Waals surface area contributed by atoms with E-state index in [1.54, 1.807) is 0 Å². The minimum Gasteiger partial charge on any atom is -0.480 e. The number of carboxylic acids is 1. The van der Waals surface area contributed by atoms with Crippen LogP contribution in [0.3, 0.4) is 0 Å². The Hall–Kier alpha value is -1.34. The lowest BCUT2D eigenvalue weighted by Gasteiger charge is -2.48. The number of hydrogen-bond donors (Lipinski definition) is 8. The lowest BCUT2D eigenvalue weighted by atomic mass is 9.84. The number of aliphatic carboxylic acids is 1. The zero-order valence-electron chi connectivity index (χ0n) is 16.4. The molecule has 3 aliphatic rings. The van der Waals surface area contributed by atoms with Gasteiger partial charge in [0.05, 0.1) is 18.4 Å². The van der Waals surface area contributed by atoms with Crippen LogP contribution in [-0.4, -0.2) is 85.3 Å². The Bertz CT molecular complexity index is 557. The first kappa shape index (κ1) is 21.4. The molecule has 0 radical (unpaired) electrons. The molecule has 160 valence electrons. The average Bonchev–Trinajstić information content (AvgIpc) is 2.66. The van der Waals surface area contributed by atoms with Crippen LogP contribution in [0.2, 0.25) is 0 Å². The van der Waals surface area contributed by atoms with Crippen molar-refractivity contribution in [2.75, 3.05) is 26.7 Å². The Balaban J connectivity index is 1.42. The highest BCUT2D eigenvalue weighted by Gasteiger charge is 2.39. The fourth-order valence-electron chi connectivity index (χ4n) is 4.55. The number of nitrogens with one attached hydrogen (secondary N) is 5. The van der Waals surface area contributed by atoms with E-state index in [0.717, 1.165) is 38.8 Å². The highest BCUT2D eigenvalue weighted by atomic mass is 16.4. The van der Waals surface area contributed by atoms with Crippen molar-refractivity contribution in [1.82, 2.24) is 31.5 Å². The fourth-order valence-corrected chi connectivity index (χ4v) is 4.55. The summed E-state index contributed by atoms with van der Waals surface area (Å²) in [4.78, 5) is 25.0. The summed E-state index contributed by atoms with van der Waals surface area (Å²) in [5, 5.41) is 24.6. The quantitative estimate of drug-likeness (QED) is 0.226. The van der Waals surface area contributed by atoms with Crippen LogP contribution in [-0.2, 0) is 9.59 Å². The van der Waals surface area contributed by atoms with Gasteiger partial charge in [0.15, 0.2) is 0 Å². The molecule has 2 saturated heterocycles. The highest BCUT2D eigenvalue weighted by molar-refractivity contribution is 5.82. The van der Waals surface area contributed by atoms with Gasteiger partial charge in [-0.25, -0.2) is 0 Å². The molecule has 1 saturated carbocycles. The SMILES string of the molecule is CN(CC1CNC2NC(N)NC(N)C2N1)C1CCC(C(=O)NCC(=O)O)CC1. The van der Waals surface area contributed by atoms with E-state index in [1.165, 1.54) is 0 Å². The van der Waals surface area contributed by atoms with Gasteiger partial charge in [0, 0.05) is 31.1 Å². The van der Waals surface area contributed by atoms with Crippen molar-refractivity contribution in [1.29, 1.82) is 0 Å². The second kappa shape index (κ2) is 9.44. The smallest absolute Gasteiger partial charge is 0.322 e. The van der Waals surface area contributed by atoms with Crippen LogP contribution in [0.5, 0.6) is 0 Å². The number of likely N-dealkylation sites (N-methyl/N-ethyl adjacent to an activating group) is 1.